The number of nitrogens with one attached hydrogen (secondary N) is 1. The van der Waals surface area contributed by atoms with E-state index in [1.54, 1.807) is 11.3 Å². The SMILES string of the molecule is CN(C)C(CNC(=O)Cc1cc(-c2ccccc2)no1)c1cccs1. The van der Waals surface area contributed by atoms with Crippen LogP contribution in [0.15, 0.2) is 58.4 Å². The van der Waals surface area contributed by atoms with Crippen molar-refractivity contribution in [3.05, 3.63) is 64.5 Å². The minimum absolute atomic E-state index is 0.0702. The fourth-order valence-electron chi connectivity index (χ4n) is 2.59. The summed E-state index contributed by atoms with van der Waals surface area (Å²) in [5, 5.41) is 9.08. The summed E-state index contributed by atoms with van der Waals surface area (Å²) in [5.41, 5.74) is 1.72. The number of aromatic nitrogens is 1. The molecule has 0 aliphatic heterocycles. The number of thiophene rings is 1. The highest BCUT2D eigenvalue weighted by molar-refractivity contribution is 7.10. The Labute approximate surface area is 151 Å². The van der Waals surface area contributed by atoms with E-state index in [4.69, 9.17) is 4.52 Å². The maximum atomic E-state index is 12.2. The third-order valence-electron chi connectivity index (χ3n) is 3.95. The summed E-state index contributed by atoms with van der Waals surface area (Å²) >= 11 is 1.69. The van der Waals surface area contributed by atoms with Gasteiger partial charge in [-0.15, -0.1) is 11.3 Å². The molecule has 1 N–H and O–H groups in total. The molecule has 1 amide bonds. The number of nitrogens with zero attached hydrogens (tertiary/aromatic N) is 2. The Balaban J connectivity index is 1.57. The van der Waals surface area contributed by atoms with E-state index in [-0.39, 0.29) is 18.4 Å². The molecule has 5 nitrogen and oxygen atoms in total. The first-order valence-corrected chi connectivity index (χ1v) is 8.99. The second-order valence-electron chi connectivity index (χ2n) is 6.02. The molecule has 2 heterocycles. The first kappa shape index (κ1) is 17.4. The maximum Gasteiger partial charge on any atom is 0.227 e. The monoisotopic (exact) mass is 355 g/mol. The Kier molecular flexibility index (Phi) is 5.63. The highest BCUT2D eigenvalue weighted by Crippen LogP contribution is 2.22. The topological polar surface area (TPSA) is 58.4 Å². The fraction of sp³-hybridized carbons (Fsp3) is 0.263. The molecule has 130 valence electrons. The van der Waals surface area contributed by atoms with Gasteiger partial charge in [0.05, 0.1) is 12.5 Å². The predicted molar refractivity (Wildman–Crippen MR) is 99.4 cm³/mol. The minimum atomic E-state index is -0.0702. The number of hydrogen-bond acceptors (Lipinski definition) is 5. The second-order valence-corrected chi connectivity index (χ2v) is 7.00. The molecule has 1 aromatic carbocycles. The van der Waals surface area contributed by atoms with Gasteiger partial charge in [-0.2, -0.15) is 0 Å². The Morgan fingerprint density at radius 1 is 1.24 bits per heavy atom. The molecule has 1 atom stereocenters. The van der Waals surface area contributed by atoms with Gasteiger partial charge in [-0.25, -0.2) is 0 Å². The zero-order valence-corrected chi connectivity index (χ0v) is 15.1. The van der Waals surface area contributed by atoms with Gasteiger partial charge in [0.1, 0.15) is 11.5 Å². The average Bonchev–Trinajstić information content (AvgIpc) is 3.28. The number of benzene rings is 1. The van der Waals surface area contributed by atoms with Crippen molar-refractivity contribution >= 4 is 17.2 Å². The molecule has 0 fully saturated rings. The minimum Gasteiger partial charge on any atom is -0.360 e. The van der Waals surface area contributed by atoms with E-state index >= 15 is 0 Å². The maximum absolute atomic E-state index is 12.2. The Bertz CT molecular complexity index is 797. The molecule has 1 unspecified atom stereocenters. The quantitative estimate of drug-likeness (QED) is 0.706. The number of carbonyl (C=O) groups excluding carboxylic acids is 1. The van der Waals surface area contributed by atoms with Crippen molar-refractivity contribution in [3.8, 4) is 11.3 Å². The van der Waals surface area contributed by atoms with Gasteiger partial charge in [-0.1, -0.05) is 41.6 Å². The zero-order chi connectivity index (χ0) is 17.6. The number of carbonyl (C=O) groups is 1. The van der Waals surface area contributed by atoms with Crippen LogP contribution < -0.4 is 5.32 Å². The van der Waals surface area contributed by atoms with E-state index in [0.717, 1.165) is 11.3 Å². The van der Waals surface area contributed by atoms with E-state index in [9.17, 15) is 4.79 Å². The van der Waals surface area contributed by atoms with Crippen molar-refractivity contribution in [2.75, 3.05) is 20.6 Å². The molecular weight excluding hydrogens is 334 g/mol. The standard InChI is InChI=1S/C19H21N3O2S/c1-22(2)17(18-9-6-10-25-18)13-20-19(23)12-15-11-16(21-24-15)14-7-4-3-5-8-14/h3-11,17H,12-13H2,1-2H3,(H,20,23). The molecule has 6 heteroatoms. The molecule has 0 aliphatic rings. The molecule has 0 aliphatic carbocycles. The molecule has 3 aromatic rings. The number of amides is 1. The van der Waals surface area contributed by atoms with Gasteiger partial charge in [0.2, 0.25) is 5.91 Å². The zero-order valence-electron chi connectivity index (χ0n) is 14.3. The number of rotatable bonds is 7. The van der Waals surface area contributed by atoms with Crippen LogP contribution in [-0.4, -0.2) is 36.6 Å². The predicted octanol–water partition coefficient (Wildman–Crippen LogP) is 3.36. The van der Waals surface area contributed by atoms with Gasteiger partial charge in [0.15, 0.2) is 0 Å². The van der Waals surface area contributed by atoms with E-state index in [1.807, 2.05) is 61.9 Å². The number of hydrogen-bond donors (Lipinski definition) is 1. The second kappa shape index (κ2) is 8.09. The third-order valence-corrected chi connectivity index (χ3v) is 4.92. The summed E-state index contributed by atoms with van der Waals surface area (Å²) in [5.74, 6) is 0.494. The van der Waals surface area contributed by atoms with Gasteiger partial charge < -0.3 is 14.7 Å². The largest absolute Gasteiger partial charge is 0.360 e. The van der Waals surface area contributed by atoms with E-state index in [1.165, 1.54) is 4.88 Å². The molecule has 3 rings (SSSR count). The van der Waals surface area contributed by atoms with Crippen LogP contribution in [0.3, 0.4) is 0 Å². The summed E-state index contributed by atoms with van der Waals surface area (Å²) in [6, 6.07) is 15.9. The summed E-state index contributed by atoms with van der Waals surface area (Å²) < 4.78 is 5.30. The molecule has 0 radical (unpaired) electrons. The van der Waals surface area contributed by atoms with Gasteiger partial charge in [-0.3, -0.25) is 4.79 Å². The summed E-state index contributed by atoms with van der Waals surface area (Å²) in [6.07, 6.45) is 0.185. The van der Waals surface area contributed by atoms with Crippen LogP contribution in [0, 0.1) is 0 Å². The first-order chi connectivity index (χ1) is 12.1. The van der Waals surface area contributed by atoms with Gasteiger partial charge >= 0.3 is 0 Å². The van der Waals surface area contributed by atoms with E-state index < -0.39 is 0 Å². The lowest BCUT2D eigenvalue weighted by molar-refractivity contribution is -0.120. The molecule has 0 bridgehead atoms. The Morgan fingerprint density at radius 3 is 2.72 bits per heavy atom. The average molecular weight is 355 g/mol. The van der Waals surface area contributed by atoms with Crippen LogP contribution in [0.4, 0.5) is 0 Å². The van der Waals surface area contributed by atoms with Crippen molar-refractivity contribution in [2.24, 2.45) is 0 Å². The van der Waals surface area contributed by atoms with E-state index in [2.05, 4.69) is 21.4 Å². The molecule has 0 saturated carbocycles. The van der Waals surface area contributed by atoms with Crippen LogP contribution >= 0.6 is 11.3 Å². The van der Waals surface area contributed by atoms with Crippen LogP contribution in [0.1, 0.15) is 16.7 Å². The van der Waals surface area contributed by atoms with Crippen molar-refractivity contribution in [1.82, 2.24) is 15.4 Å². The Hall–Kier alpha value is -2.44. The highest BCUT2D eigenvalue weighted by Gasteiger charge is 2.17. The van der Waals surface area contributed by atoms with E-state index in [0.29, 0.717) is 12.3 Å². The van der Waals surface area contributed by atoms with Crippen LogP contribution in [0.25, 0.3) is 11.3 Å². The normalized spacial score (nSPS) is 12.3. The number of likely N-dealkylation sites (N-methyl/N-ethyl adjacent to an activating group) is 1. The lowest BCUT2D eigenvalue weighted by atomic mass is 10.1. The molecule has 25 heavy (non-hydrogen) atoms. The van der Waals surface area contributed by atoms with Crippen molar-refractivity contribution in [2.45, 2.75) is 12.5 Å². The Morgan fingerprint density at radius 2 is 2.04 bits per heavy atom. The first-order valence-electron chi connectivity index (χ1n) is 8.11. The molecule has 0 spiro atoms. The fourth-order valence-corrected chi connectivity index (χ4v) is 3.51. The van der Waals surface area contributed by atoms with Crippen molar-refractivity contribution in [1.29, 1.82) is 0 Å². The molecule has 2 aromatic heterocycles. The summed E-state index contributed by atoms with van der Waals surface area (Å²) in [4.78, 5) is 15.6. The van der Waals surface area contributed by atoms with Crippen molar-refractivity contribution < 1.29 is 9.32 Å². The third kappa shape index (κ3) is 4.55. The van der Waals surface area contributed by atoms with Gasteiger partial charge in [0.25, 0.3) is 0 Å². The van der Waals surface area contributed by atoms with Gasteiger partial charge in [-0.05, 0) is 25.5 Å². The summed E-state index contributed by atoms with van der Waals surface area (Å²) in [7, 11) is 4.03. The van der Waals surface area contributed by atoms with Crippen LogP contribution in [-0.2, 0) is 11.2 Å². The molecule has 0 saturated heterocycles. The van der Waals surface area contributed by atoms with Crippen LogP contribution in [0.2, 0.25) is 0 Å². The van der Waals surface area contributed by atoms with Crippen molar-refractivity contribution in [3.63, 3.8) is 0 Å². The lowest BCUT2D eigenvalue weighted by Gasteiger charge is -2.23. The summed E-state index contributed by atoms with van der Waals surface area (Å²) in [6.45, 7) is 0.562. The highest BCUT2D eigenvalue weighted by atomic mass is 32.1. The van der Waals surface area contributed by atoms with Crippen LogP contribution in [0.5, 0.6) is 0 Å². The van der Waals surface area contributed by atoms with Gasteiger partial charge in [0, 0.05) is 23.1 Å². The smallest absolute Gasteiger partial charge is 0.227 e. The lowest BCUT2D eigenvalue weighted by Crippen LogP contribution is -2.34. The molecular formula is C19H21N3O2S.